The minimum atomic E-state index is -0.0984. The van der Waals surface area contributed by atoms with Gasteiger partial charge in [-0.05, 0) is 35.9 Å². The predicted octanol–water partition coefficient (Wildman–Crippen LogP) is 2.59. The predicted molar refractivity (Wildman–Crippen MR) is 75.9 cm³/mol. The summed E-state index contributed by atoms with van der Waals surface area (Å²) in [6.45, 7) is 0.517. The standard InChI is InChI=1S/C14H14ClN3O/c1-18(9-10-4-6-17-7-5-10)14(19)11-2-3-13(16)12(15)8-11/h2-8H,9,16H2,1H3. The van der Waals surface area contributed by atoms with Crippen LogP contribution in [0.5, 0.6) is 0 Å². The molecule has 0 saturated heterocycles. The lowest BCUT2D eigenvalue weighted by atomic mass is 10.1. The summed E-state index contributed by atoms with van der Waals surface area (Å²) in [5.74, 6) is -0.0984. The van der Waals surface area contributed by atoms with Crippen molar-refractivity contribution in [3.8, 4) is 0 Å². The number of rotatable bonds is 3. The SMILES string of the molecule is CN(Cc1ccncc1)C(=O)c1ccc(N)c(Cl)c1. The zero-order valence-electron chi connectivity index (χ0n) is 10.5. The van der Waals surface area contributed by atoms with Crippen LogP contribution in [0.15, 0.2) is 42.7 Å². The molecule has 0 spiro atoms. The molecule has 0 atom stereocenters. The molecule has 2 aromatic rings. The molecule has 0 aliphatic rings. The fourth-order valence-electron chi connectivity index (χ4n) is 1.71. The Labute approximate surface area is 116 Å². The Hall–Kier alpha value is -2.07. The number of carbonyl (C=O) groups excluding carboxylic acids is 1. The topological polar surface area (TPSA) is 59.2 Å². The van der Waals surface area contributed by atoms with E-state index >= 15 is 0 Å². The van der Waals surface area contributed by atoms with Gasteiger partial charge in [0, 0.05) is 31.5 Å². The number of carbonyl (C=O) groups is 1. The van der Waals surface area contributed by atoms with Crippen molar-refractivity contribution in [2.45, 2.75) is 6.54 Å². The number of nitrogens with two attached hydrogens (primary N) is 1. The summed E-state index contributed by atoms with van der Waals surface area (Å²) in [6.07, 6.45) is 3.40. The number of amides is 1. The summed E-state index contributed by atoms with van der Waals surface area (Å²) in [4.78, 5) is 17.8. The maximum absolute atomic E-state index is 12.2. The Morgan fingerprint density at radius 3 is 2.63 bits per heavy atom. The van der Waals surface area contributed by atoms with Crippen molar-refractivity contribution in [1.29, 1.82) is 0 Å². The van der Waals surface area contributed by atoms with Gasteiger partial charge in [-0.15, -0.1) is 0 Å². The van der Waals surface area contributed by atoms with E-state index in [9.17, 15) is 4.79 Å². The first-order valence-electron chi connectivity index (χ1n) is 5.77. The van der Waals surface area contributed by atoms with Gasteiger partial charge < -0.3 is 10.6 Å². The van der Waals surface area contributed by atoms with Gasteiger partial charge in [-0.3, -0.25) is 9.78 Å². The van der Waals surface area contributed by atoms with Crippen LogP contribution in [-0.2, 0) is 6.54 Å². The largest absolute Gasteiger partial charge is 0.398 e. The molecule has 2 rings (SSSR count). The van der Waals surface area contributed by atoms with E-state index in [0.717, 1.165) is 5.56 Å². The minimum Gasteiger partial charge on any atom is -0.398 e. The smallest absolute Gasteiger partial charge is 0.253 e. The zero-order valence-corrected chi connectivity index (χ0v) is 11.3. The number of anilines is 1. The van der Waals surface area contributed by atoms with E-state index in [-0.39, 0.29) is 5.91 Å². The van der Waals surface area contributed by atoms with Crippen LogP contribution in [0.4, 0.5) is 5.69 Å². The van der Waals surface area contributed by atoms with E-state index in [1.54, 1.807) is 42.5 Å². The first-order chi connectivity index (χ1) is 9.08. The molecule has 0 radical (unpaired) electrons. The van der Waals surface area contributed by atoms with Crippen molar-refractivity contribution in [3.05, 3.63) is 58.9 Å². The summed E-state index contributed by atoms with van der Waals surface area (Å²) in [5.41, 5.74) is 7.64. The van der Waals surface area contributed by atoms with Crippen molar-refractivity contribution < 1.29 is 4.79 Å². The molecule has 2 N–H and O–H groups in total. The van der Waals surface area contributed by atoms with E-state index < -0.39 is 0 Å². The average Bonchev–Trinajstić information content (AvgIpc) is 2.42. The van der Waals surface area contributed by atoms with Crippen molar-refractivity contribution in [1.82, 2.24) is 9.88 Å². The van der Waals surface area contributed by atoms with E-state index in [2.05, 4.69) is 4.98 Å². The second kappa shape index (κ2) is 5.71. The monoisotopic (exact) mass is 275 g/mol. The van der Waals surface area contributed by atoms with Gasteiger partial charge in [0.15, 0.2) is 0 Å². The summed E-state index contributed by atoms with van der Waals surface area (Å²) in [5, 5.41) is 0.392. The van der Waals surface area contributed by atoms with Gasteiger partial charge in [0.25, 0.3) is 5.91 Å². The molecular weight excluding hydrogens is 262 g/mol. The average molecular weight is 276 g/mol. The van der Waals surface area contributed by atoms with Gasteiger partial charge in [0.05, 0.1) is 10.7 Å². The Balaban J connectivity index is 2.12. The number of aromatic nitrogens is 1. The van der Waals surface area contributed by atoms with E-state index in [4.69, 9.17) is 17.3 Å². The van der Waals surface area contributed by atoms with E-state index in [0.29, 0.717) is 22.8 Å². The molecule has 98 valence electrons. The molecule has 1 aromatic carbocycles. The van der Waals surface area contributed by atoms with Crippen molar-refractivity contribution in [2.75, 3.05) is 12.8 Å². The van der Waals surface area contributed by atoms with Gasteiger partial charge in [0.2, 0.25) is 0 Å². The molecule has 1 aromatic heterocycles. The third kappa shape index (κ3) is 3.23. The molecule has 0 fully saturated rings. The Kier molecular flexibility index (Phi) is 4.02. The summed E-state index contributed by atoms with van der Waals surface area (Å²) in [7, 11) is 1.74. The Morgan fingerprint density at radius 2 is 2.00 bits per heavy atom. The van der Waals surface area contributed by atoms with Crippen molar-refractivity contribution in [2.24, 2.45) is 0 Å². The number of pyridine rings is 1. The molecule has 4 nitrogen and oxygen atoms in total. The number of nitrogen functional groups attached to an aromatic ring is 1. The highest BCUT2D eigenvalue weighted by Gasteiger charge is 2.13. The maximum atomic E-state index is 12.2. The van der Waals surface area contributed by atoms with Gasteiger partial charge >= 0.3 is 0 Å². The third-order valence-electron chi connectivity index (χ3n) is 2.76. The lowest BCUT2D eigenvalue weighted by Gasteiger charge is -2.17. The molecule has 5 heteroatoms. The lowest BCUT2D eigenvalue weighted by molar-refractivity contribution is 0.0785. The minimum absolute atomic E-state index is 0.0984. The number of halogens is 1. The van der Waals surface area contributed by atoms with E-state index in [1.165, 1.54) is 0 Å². The quantitative estimate of drug-likeness (QED) is 0.876. The molecule has 0 aliphatic carbocycles. The van der Waals surface area contributed by atoms with Crippen LogP contribution in [0.2, 0.25) is 5.02 Å². The van der Waals surface area contributed by atoms with E-state index in [1.807, 2.05) is 12.1 Å². The molecule has 0 saturated carbocycles. The van der Waals surface area contributed by atoms with Gasteiger partial charge in [-0.25, -0.2) is 0 Å². The van der Waals surface area contributed by atoms with Crippen LogP contribution in [0, 0.1) is 0 Å². The molecule has 19 heavy (non-hydrogen) atoms. The first-order valence-corrected chi connectivity index (χ1v) is 6.15. The number of hydrogen-bond donors (Lipinski definition) is 1. The van der Waals surface area contributed by atoms with Crippen LogP contribution in [0.3, 0.4) is 0 Å². The van der Waals surface area contributed by atoms with Crippen LogP contribution >= 0.6 is 11.6 Å². The van der Waals surface area contributed by atoms with Crippen LogP contribution in [-0.4, -0.2) is 22.8 Å². The van der Waals surface area contributed by atoms with Crippen LogP contribution in [0.1, 0.15) is 15.9 Å². The van der Waals surface area contributed by atoms with Crippen LogP contribution in [0.25, 0.3) is 0 Å². The van der Waals surface area contributed by atoms with Crippen molar-refractivity contribution in [3.63, 3.8) is 0 Å². The fourth-order valence-corrected chi connectivity index (χ4v) is 1.89. The van der Waals surface area contributed by atoms with Gasteiger partial charge in [-0.2, -0.15) is 0 Å². The number of hydrogen-bond acceptors (Lipinski definition) is 3. The molecule has 0 bridgehead atoms. The third-order valence-corrected chi connectivity index (χ3v) is 3.09. The second-order valence-electron chi connectivity index (χ2n) is 4.25. The van der Waals surface area contributed by atoms with Crippen LogP contribution < -0.4 is 5.73 Å². The Morgan fingerprint density at radius 1 is 1.32 bits per heavy atom. The summed E-state index contributed by atoms with van der Waals surface area (Å²) >= 11 is 5.92. The molecule has 1 amide bonds. The highest BCUT2D eigenvalue weighted by Crippen LogP contribution is 2.20. The second-order valence-corrected chi connectivity index (χ2v) is 4.66. The summed E-state index contributed by atoms with van der Waals surface area (Å²) in [6, 6.07) is 8.64. The fraction of sp³-hybridized carbons (Fsp3) is 0.143. The number of benzene rings is 1. The van der Waals surface area contributed by atoms with Gasteiger partial charge in [-0.1, -0.05) is 11.6 Å². The maximum Gasteiger partial charge on any atom is 0.253 e. The highest BCUT2D eigenvalue weighted by atomic mass is 35.5. The highest BCUT2D eigenvalue weighted by molar-refractivity contribution is 6.33. The van der Waals surface area contributed by atoms with Crippen molar-refractivity contribution >= 4 is 23.2 Å². The Bertz CT molecular complexity index is 586. The molecule has 0 unspecified atom stereocenters. The van der Waals surface area contributed by atoms with Gasteiger partial charge in [0.1, 0.15) is 0 Å². The number of nitrogens with zero attached hydrogens (tertiary/aromatic N) is 2. The first kappa shape index (κ1) is 13.4. The normalized spacial score (nSPS) is 10.2. The summed E-state index contributed by atoms with van der Waals surface area (Å²) < 4.78 is 0. The zero-order chi connectivity index (χ0) is 13.8. The molecule has 1 heterocycles. The molecule has 0 aliphatic heterocycles. The lowest BCUT2D eigenvalue weighted by Crippen LogP contribution is -2.26. The molecular formula is C14H14ClN3O.